The van der Waals surface area contributed by atoms with E-state index < -0.39 is 17.9 Å². The van der Waals surface area contributed by atoms with E-state index in [9.17, 15) is 14.4 Å². The molecule has 9 nitrogen and oxygen atoms in total. The van der Waals surface area contributed by atoms with Crippen LogP contribution in [0.3, 0.4) is 0 Å². The molecule has 11 heteroatoms. The molecule has 4 aromatic rings. The van der Waals surface area contributed by atoms with Gasteiger partial charge >= 0.3 is 0 Å². The van der Waals surface area contributed by atoms with Gasteiger partial charge in [0.25, 0.3) is 11.8 Å². The largest absolute Gasteiger partial charge is 0.484 e. The molecule has 32 heavy (non-hydrogen) atoms. The zero-order valence-corrected chi connectivity index (χ0v) is 18.6. The van der Waals surface area contributed by atoms with Crippen molar-refractivity contribution in [2.75, 3.05) is 11.5 Å². The average Bonchev–Trinajstić information content (AvgIpc) is 3.40. The highest BCUT2D eigenvalue weighted by atomic mass is 79.9. The second kappa shape index (κ2) is 7.84. The van der Waals surface area contributed by atoms with E-state index in [1.54, 1.807) is 42.5 Å². The van der Waals surface area contributed by atoms with Gasteiger partial charge in [0, 0.05) is 4.47 Å². The number of benzene rings is 2. The molecule has 2 amide bonds. The standard InChI is InChI=1S/C21H13BrN4O5S/c22-11-3-6-14-13(7-11)18(28)16-17(10-1-4-12(5-2-10)30-8-15(23)27)26(20(29)19(16)31-14)21-25-24-9-32-21/h1-7,9,17H,8H2,(H2,23,27). The predicted octanol–water partition coefficient (Wildman–Crippen LogP) is 3.02. The first-order valence-electron chi connectivity index (χ1n) is 9.31. The minimum absolute atomic E-state index is 0.0286. The molecular weight excluding hydrogens is 500 g/mol. The molecule has 1 aliphatic heterocycles. The number of aromatic nitrogens is 2. The number of hydrogen-bond donors (Lipinski definition) is 1. The summed E-state index contributed by atoms with van der Waals surface area (Å²) in [6, 6.07) is 11.0. The van der Waals surface area contributed by atoms with Crippen molar-refractivity contribution in [3.05, 3.63) is 79.6 Å². The summed E-state index contributed by atoms with van der Waals surface area (Å²) in [5.74, 6) is -0.673. The van der Waals surface area contributed by atoms with Crippen molar-refractivity contribution in [1.82, 2.24) is 10.2 Å². The lowest BCUT2D eigenvalue weighted by atomic mass is 9.98. The Morgan fingerprint density at radius 2 is 2.00 bits per heavy atom. The van der Waals surface area contributed by atoms with Crippen LogP contribution < -0.4 is 20.8 Å². The van der Waals surface area contributed by atoms with E-state index in [0.717, 1.165) is 4.47 Å². The summed E-state index contributed by atoms with van der Waals surface area (Å²) in [6.45, 7) is -0.258. The van der Waals surface area contributed by atoms with Gasteiger partial charge < -0.3 is 14.9 Å². The van der Waals surface area contributed by atoms with Crippen molar-refractivity contribution in [3.8, 4) is 5.75 Å². The number of nitrogens with two attached hydrogens (primary N) is 1. The fourth-order valence-corrected chi connectivity index (χ4v) is 4.58. The van der Waals surface area contributed by atoms with Gasteiger partial charge in [-0.15, -0.1) is 10.2 Å². The van der Waals surface area contributed by atoms with Gasteiger partial charge in [0.15, 0.2) is 12.0 Å². The molecule has 0 aliphatic carbocycles. The molecule has 2 N–H and O–H groups in total. The van der Waals surface area contributed by atoms with Crippen molar-refractivity contribution in [2.45, 2.75) is 6.04 Å². The van der Waals surface area contributed by atoms with E-state index in [0.29, 0.717) is 27.4 Å². The van der Waals surface area contributed by atoms with Crippen molar-refractivity contribution in [3.63, 3.8) is 0 Å². The Labute approximate surface area is 192 Å². The monoisotopic (exact) mass is 512 g/mol. The van der Waals surface area contributed by atoms with Crippen LogP contribution in [0.5, 0.6) is 5.75 Å². The molecule has 0 radical (unpaired) electrons. The molecule has 0 saturated heterocycles. The van der Waals surface area contributed by atoms with E-state index in [2.05, 4.69) is 26.1 Å². The smallest absolute Gasteiger partial charge is 0.297 e. The maximum absolute atomic E-state index is 13.5. The van der Waals surface area contributed by atoms with Crippen LogP contribution in [0.2, 0.25) is 0 Å². The molecular formula is C21H13BrN4O5S. The summed E-state index contributed by atoms with van der Waals surface area (Å²) in [5.41, 5.74) is 7.50. The van der Waals surface area contributed by atoms with E-state index in [-0.39, 0.29) is 23.4 Å². The number of rotatable bonds is 5. The van der Waals surface area contributed by atoms with Crippen LogP contribution in [-0.2, 0) is 4.79 Å². The van der Waals surface area contributed by atoms with Crippen LogP contribution in [0.25, 0.3) is 11.0 Å². The molecule has 0 saturated carbocycles. The number of fused-ring (bicyclic) bond motifs is 2. The Morgan fingerprint density at radius 1 is 1.22 bits per heavy atom. The summed E-state index contributed by atoms with van der Waals surface area (Å²) in [7, 11) is 0. The molecule has 1 unspecified atom stereocenters. The molecule has 0 bridgehead atoms. The SMILES string of the molecule is NC(=O)COc1ccc(C2c3c(oc4ccc(Br)cc4c3=O)C(=O)N2c2nncs2)cc1. The van der Waals surface area contributed by atoms with Crippen LogP contribution in [0.15, 0.2) is 61.7 Å². The Hall–Kier alpha value is -3.57. The summed E-state index contributed by atoms with van der Waals surface area (Å²) in [6.07, 6.45) is 0. The number of ether oxygens (including phenoxy) is 1. The highest BCUT2D eigenvalue weighted by molar-refractivity contribution is 9.10. The minimum atomic E-state index is -0.768. The second-order valence-corrected chi connectivity index (χ2v) is 8.66. The number of carbonyl (C=O) groups excluding carboxylic acids is 2. The number of carbonyl (C=O) groups is 2. The van der Waals surface area contributed by atoms with Crippen LogP contribution in [0, 0.1) is 0 Å². The van der Waals surface area contributed by atoms with E-state index >= 15 is 0 Å². The van der Waals surface area contributed by atoms with E-state index in [1.165, 1.54) is 21.7 Å². The maximum atomic E-state index is 13.5. The van der Waals surface area contributed by atoms with Gasteiger partial charge in [0.2, 0.25) is 10.9 Å². The zero-order valence-electron chi connectivity index (χ0n) is 16.1. The van der Waals surface area contributed by atoms with Gasteiger partial charge in [-0.2, -0.15) is 0 Å². The first kappa shape index (κ1) is 20.3. The van der Waals surface area contributed by atoms with Crippen molar-refractivity contribution in [1.29, 1.82) is 0 Å². The normalized spacial score (nSPS) is 15.2. The number of anilines is 1. The summed E-state index contributed by atoms with van der Waals surface area (Å²) in [5, 5.41) is 8.56. The molecule has 5 rings (SSSR count). The third kappa shape index (κ3) is 3.35. The second-order valence-electron chi connectivity index (χ2n) is 6.94. The predicted molar refractivity (Wildman–Crippen MR) is 120 cm³/mol. The van der Waals surface area contributed by atoms with Crippen LogP contribution in [0.4, 0.5) is 5.13 Å². The number of amides is 2. The maximum Gasteiger partial charge on any atom is 0.297 e. The lowest BCUT2D eigenvalue weighted by Gasteiger charge is -2.22. The van der Waals surface area contributed by atoms with Crippen LogP contribution >= 0.6 is 27.3 Å². The fraction of sp³-hybridized carbons (Fsp3) is 0.0952. The highest BCUT2D eigenvalue weighted by Gasteiger charge is 2.45. The number of primary amides is 1. The molecule has 160 valence electrons. The molecule has 1 atom stereocenters. The molecule has 2 aromatic heterocycles. The van der Waals surface area contributed by atoms with Crippen LogP contribution in [-0.4, -0.2) is 28.6 Å². The topological polar surface area (TPSA) is 129 Å². The Kier molecular flexibility index (Phi) is 4.98. The Bertz CT molecular complexity index is 1420. The molecule has 0 spiro atoms. The minimum Gasteiger partial charge on any atom is -0.484 e. The Morgan fingerprint density at radius 3 is 2.69 bits per heavy atom. The zero-order chi connectivity index (χ0) is 22.4. The van der Waals surface area contributed by atoms with E-state index in [1.807, 2.05) is 0 Å². The van der Waals surface area contributed by atoms with Crippen molar-refractivity contribution >= 4 is 55.2 Å². The van der Waals surface area contributed by atoms with Gasteiger partial charge in [-0.05, 0) is 35.9 Å². The van der Waals surface area contributed by atoms with Gasteiger partial charge in [0.1, 0.15) is 16.8 Å². The van der Waals surface area contributed by atoms with Crippen molar-refractivity contribution in [2.24, 2.45) is 5.73 Å². The summed E-state index contributed by atoms with van der Waals surface area (Å²) >= 11 is 4.55. The highest BCUT2D eigenvalue weighted by Crippen LogP contribution is 2.42. The number of halogens is 1. The lowest BCUT2D eigenvalue weighted by molar-refractivity contribution is -0.119. The quantitative estimate of drug-likeness (QED) is 0.435. The summed E-state index contributed by atoms with van der Waals surface area (Å²) in [4.78, 5) is 39.2. The van der Waals surface area contributed by atoms with Crippen molar-refractivity contribution < 1.29 is 18.7 Å². The van der Waals surface area contributed by atoms with Gasteiger partial charge in [0.05, 0.1) is 17.0 Å². The number of hydrogen-bond acceptors (Lipinski definition) is 8. The average molecular weight is 513 g/mol. The van der Waals surface area contributed by atoms with Gasteiger partial charge in [-0.25, -0.2) is 0 Å². The van der Waals surface area contributed by atoms with Gasteiger partial charge in [-0.1, -0.05) is 39.4 Å². The molecule has 3 heterocycles. The summed E-state index contributed by atoms with van der Waals surface area (Å²) < 4.78 is 11.9. The molecule has 2 aromatic carbocycles. The lowest BCUT2D eigenvalue weighted by Crippen LogP contribution is -2.29. The third-order valence-electron chi connectivity index (χ3n) is 4.96. The van der Waals surface area contributed by atoms with Crippen LogP contribution in [0.1, 0.15) is 27.7 Å². The first-order valence-corrected chi connectivity index (χ1v) is 11.0. The van der Waals surface area contributed by atoms with E-state index in [4.69, 9.17) is 14.9 Å². The number of nitrogens with zero attached hydrogens (tertiary/aromatic N) is 3. The fourth-order valence-electron chi connectivity index (χ4n) is 3.63. The first-order chi connectivity index (χ1) is 15.4. The molecule has 1 aliphatic rings. The van der Waals surface area contributed by atoms with Gasteiger partial charge in [-0.3, -0.25) is 19.3 Å². The Balaban J connectivity index is 1.68. The third-order valence-corrected chi connectivity index (χ3v) is 6.15. The molecule has 0 fully saturated rings.